The number of aromatic carboxylic acids is 1. The third kappa shape index (κ3) is 4.78. The molecule has 0 spiro atoms. The van der Waals surface area contributed by atoms with Crippen molar-refractivity contribution >= 4 is 28.5 Å². The van der Waals surface area contributed by atoms with Crippen molar-refractivity contribution in [1.29, 1.82) is 0 Å². The average Bonchev–Trinajstić information content (AvgIpc) is 3.22. The monoisotopic (exact) mass is 503 g/mol. The van der Waals surface area contributed by atoms with Gasteiger partial charge in [0.05, 0.1) is 17.6 Å². The van der Waals surface area contributed by atoms with E-state index in [4.69, 9.17) is 4.74 Å². The summed E-state index contributed by atoms with van der Waals surface area (Å²) in [5, 5.41) is 15.5. The molecule has 0 atom stereocenters. The van der Waals surface area contributed by atoms with E-state index in [2.05, 4.69) is 10.1 Å². The van der Waals surface area contributed by atoms with Gasteiger partial charge in [0.2, 0.25) is 0 Å². The molecule has 1 fully saturated rings. The Morgan fingerprint density at radius 1 is 1.11 bits per heavy atom. The number of likely N-dealkylation sites (tertiary alicyclic amines) is 1. The van der Waals surface area contributed by atoms with E-state index in [0.717, 1.165) is 5.39 Å². The zero-order chi connectivity index (χ0) is 26.5. The van der Waals surface area contributed by atoms with E-state index in [0.29, 0.717) is 48.3 Å². The maximum absolute atomic E-state index is 13.4. The summed E-state index contributed by atoms with van der Waals surface area (Å²) in [6.07, 6.45) is 4.47. The minimum absolute atomic E-state index is 0.0121. The summed E-state index contributed by atoms with van der Waals surface area (Å²) in [6, 6.07) is 8.76. The molecule has 0 bridgehead atoms. The van der Waals surface area contributed by atoms with Crippen LogP contribution in [0.4, 0.5) is 4.79 Å². The largest absolute Gasteiger partial charge is 0.478 e. The second-order valence-electron chi connectivity index (χ2n) is 10.4. The summed E-state index contributed by atoms with van der Waals surface area (Å²) in [5.74, 6) is -1.08. The van der Waals surface area contributed by atoms with Crippen molar-refractivity contribution in [3.8, 4) is 11.3 Å². The highest BCUT2D eigenvalue weighted by Crippen LogP contribution is 2.27. The Bertz CT molecular complexity index is 1590. The fraction of sp³-hybridized carbons (Fsp3) is 0.370. The van der Waals surface area contributed by atoms with Gasteiger partial charge in [0.25, 0.3) is 5.56 Å². The van der Waals surface area contributed by atoms with Crippen LogP contribution in [0.15, 0.2) is 47.5 Å². The lowest BCUT2D eigenvalue weighted by molar-refractivity contribution is 0.0187. The SMILES string of the molecule is Cc1cn2nc(-c3ccc4c(=O)n(C5CCN(C(=O)OC(C)(C)C)CC5)ccc4c3)cc(C(=O)O)c2n1. The molecule has 10 nitrogen and oxygen atoms in total. The van der Waals surface area contributed by atoms with Gasteiger partial charge in [-0.3, -0.25) is 4.79 Å². The maximum Gasteiger partial charge on any atom is 0.410 e. The molecule has 10 heteroatoms. The summed E-state index contributed by atoms with van der Waals surface area (Å²) in [7, 11) is 0. The lowest BCUT2D eigenvalue weighted by Crippen LogP contribution is -2.43. The molecular formula is C27H29N5O5. The van der Waals surface area contributed by atoms with Crippen LogP contribution < -0.4 is 5.56 Å². The molecule has 1 aliphatic rings. The summed E-state index contributed by atoms with van der Waals surface area (Å²) < 4.78 is 8.69. The van der Waals surface area contributed by atoms with Gasteiger partial charge in [-0.1, -0.05) is 6.07 Å². The van der Waals surface area contributed by atoms with Gasteiger partial charge in [0, 0.05) is 36.3 Å². The molecule has 1 saturated heterocycles. The van der Waals surface area contributed by atoms with E-state index in [9.17, 15) is 19.5 Å². The zero-order valence-electron chi connectivity index (χ0n) is 21.3. The van der Waals surface area contributed by atoms with Crippen molar-refractivity contribution in [2.24, 2.45) is 0 Å². The van der Waals surface area contributed by atoms with E-state index >= 15 is 0 Å². The lowest BCUT2D eigenvalue weighted by atomic mass is 10.0. The predicted octanol–water partition coefficient (Wildman–Crippen LogP) is 4.29. The molecule has 3 aromatic heterocycles. The smallest absolute Gasteiger partial charge is 0.410 e. The Morgan fingerprint density at radius 3 is 2.51 bits per heavy atom. The summed E-state index contributed by atoms with van der Waals surface area (Å²) in [5.41, 5.74) is 1.55. The summed E-state index contributed by atoms with van der Waals surface area (Å²) in [4.78, 5) is 43.5. The Labute approximate surface area is 213 Å². The number of fused-ring (bicyclic) bond motifs is 2. The summed E-state index contributed by atoms with van der Waals surface area (Å²) in [6.45, 7) is 8.36. The van der Waals surface area contributed by atoms with Crippen molar-refractivity contribution in [1.82, 2.24) is 24.1 Å². The van der Waals surface area contributed by atoms with Crippen LogP contribution >= 0.6 is 0 Å². The molecule has 1 N–H and O–H groups in total. The van der Waals surface area contributed by atoms with Gasteiger partial charge in [-0.2, -0.15) is 5.10 Å². The zero-order valence-corrected chi connectivity index (χ0v) is 21.3. The van der Waals surface area contributed by atoms with Gasteiger partial charge >= 0.3 is 12.1 Å². The predicted molar refractivity (Wildman–Crippen MR) is 138 cm³/mol. The first-order valence-corrected chi connectivity index (χ1v) is 12.2. The number of carbonyl (C=O) groups is 2. The van der Waals surface area contributed by atoms with Crippen molar-refractivity contribution in [3.63, 3.8) is 0 Å². The van der Waals surface area contributed by atoms with Crippen LogP contribution in [0.1, 0.15) is 55.7 Å². The van der Waals surface area contributed by atoms with Crippen LogP contribution in [0.3, 0.4) is 0 Å². The normalized spacial score (nSPS) is 14.9. The fourth-order valence-electron chi connectivity index (χ4n) is 4.75. The van der Waals surface area contributed by atoms with Gasteiger partial charge in [0.1, 0.15) is 11.2 Å². The van der Waals surface area contributed by atoms with Gasteiger partial charge in [-0.15, -0.1) is 0 Å². The number of imidazole rings is 1. The van der Waals surface area contributed by atoms with E-state index in [1.54, 1.807) is 40.9 Å². The molecule has 4 heterocycles. The summed E-state index contributed by atoms with van der Waals surface area (Å²) >= 11 is 0. The third-order valence-electron chi connectivity index (χ3n) is 6.51. The number of carbonyl (C=O) groups excluding carboxylic acids is 1. The lowest BCUT2D eigenvalue weighted by Gasteiger charge is -2.34. The third-order valence-corrected chi connectivity index (χ3v) is 6.51. The highest BCUT2D eigenvalue weighted by Gasteiger charge is 2.28. The minimum atomic E-state index is -1.08. The second-order valence-corrected chi connectivity index (χ2v) is 10.4. The Balaban J connectivity index is 1.41. The van der Waals surface area contributed by atoms with Crippen LogP contribution in [-0.2, 0) is 4.74 Å². The van der Waals surface area contributed by atoms with Crippen molar-refractivity contribution in [3.05, 3.63) is 64.3 Å². The molecular weight excluding hydrogens is 474 g/mol. The standard InChI is InChI=1S/C27H29N5O5/c1-16-15-32-23(28-16)21(25(34)35)14-22(29-32)18-5-6-20-17(13-18)7-12-31(24(20)33)19-8-10-30(11-9-19)26(36)37-27(2,3)4/h5-7,12-15,19H,8-11H2,1-4H3,(H,34,35). The van der Waals surface area contributed by atoms with E-state index in [1.807, 2.05) is 32.9 Å². The molecule has 1 aromatic carbocycles. The number of rotatable bonds is 3. The molecule has 0 saturated carbocycles. The molecule has 37 heavy (non-hydrogen) atoms. The molecule has 1 aliphatic heterocycles. The first-order chi connectivity index (χ1) is 17.5. The van der Waals surface area contributed by atoms with Crippen LogP contribution in [0.2, 0.25) is 0 Å². The van der Waals surface area contributed by atoms with Crippen LogP contribution in [0.5, 0.6) is 0 Å². The number of benzene rings is 1. The Kier molecular flexibility index (Phi) is 5.97. The highest BCUT2D eigenvalue weighted by atomic mass is 16.6. The number of carboxylic acids is 1. The van der Waals surface area contributed by atoms with Crippen LogP contribution in [0, 0.1) is 6.92 Å². The molecule has 5 rings (SSSR count). The number of aryl methyl sites for hydroxylation is 1. The van der Waals surface area contributed by atoms with Gasteiger partial charge in [-0.25, -0.2) is 19.1 Å². The number of carboxylic acid groups (broad SMARTS) is 1. The number of amides is 1. The van der Waals surface area contributed by atoms with E-state index in [1.165, 1.54) is 10.6 Å². The number of aromatic nitrogens is 4. The molecule has 0 unspecified atom stereocenters. The maximum atomic E-state index is 13.4. The molecule has 0 radical (unpaired) electrons. The first kappa shape index (κ1) is 24.5. The number of nitrogens with zero attached hydrogens (tertiary/aromatic N) is 5. The van der Waals surface area contributed by atoms with Gasteiger partial charge in [0.15, 0.2) is 5.65 Å². The van der Waals surface area contributed by atoms with Gasteiger partial charge in [-0.05, 0) is 70.2 Å². The van der Waals surface area contributed by atoms with Crippen LogP contribution in [0.25, 0.3) is 27.7 Å². The van der Waals surface area contributed by atoms with Crippen molar-refractivity contribution in [2.75, 3.05) is 13.1 Å². The second kappa shape index (κ2) is 9.02. The van der Waals surface area contributed by atoms with E-state index < -0.39 is 11.6 Å². The van der Waals surface area contributed by atoms with E-state index in [-0.39, 0.29) is 28.9 Å². The quantitative estimate of drug-likeness (QED) is 0.443. The average molecular weight is 504 g/mol. The Hall–Kier alpha value is -4.21. The number of ether oxygens (including phenoxy) is 1. The fourth-order valence-corrected chi connectivity index (χ4v) is 4.75. The topological polar surface area (TPSA) is 119 Å². The number of piperidine rings is 1. The van der Waals surface area contributed by atoms with Crippen LogP contribution in [-0.4, -0.2) is 59.9 Å². The molecule has 4 aromatic rings. The van der Waals surface area contributed by atoms with Gasteiger partial charge < -0.3 is 19.3 Å². The number of hydrogen-bond acceptors (Lipinski definition) is 6. The molecule has 1 amide bonds. The van der Waals surface area contributed by atoms with Crippen molar-refractivity contribution < 1.29 is 19.4 Å². The minimum Gasteiger partial charge on any atom is -0.478 e. The Morgan fingerprint density at radius 2 is 1.84 bits per heavy atom. The number of hydrogen-bond donors (Lipinski definition) is 1. The van der Waals surface area contributed by atoms with Crippen molar-refractivity contribution in [2.45, 2.75) is 52.2 Å². The highest BCUT2D eigenvalue weighted by molar-refractivity contribution is 5.96. The number of pyridine rings is 1. The first-order valence-electron chi connectivity index (χ1n) is 12.2. The molecule has 192 valence electrons. The molecule has 0 aliphatic carbocycles.